The van der Waals surface area contributed by atoms with Crippen molar-refractivity contribution in [3.63, 3.8) is 0 Å². The van der Waals surface area contributed by atoms with Crippen LogP contribution in [0.3, 0.4) is 0 Å². The third-order valence-electron chi connectivity index (χ3n) is 3.55. The molecule has 1 atom stereocenters. The lowest BCUT2D eigenvalue weighted by atomic mass is 9.78. The van der Waals surface area contributed by atoms with E-state index in [0.29, 0.717) is 17.9 Å². The molecule has 0 spiro atoms. The number of rotatable bonds is 6. The third kappa shape index (κ3) is 4.97. The first-order valence-corrected chi connectivity index (χ1v) is 7.35. The maximum Gasteiger partial charge on any atom is 0.0702 e. The lowest BCUT2D eigenvalue weighted by molar-refractivity contribution is -0.111. The van der Waals surface area contributed by atoms with Crippen LogP contribution < -0.4 is 5.32 Å². The van der Waals surface area contributed by atoms with Gasteiger partial charge in [-0.2, -0.15) is 0 Å². The topological polar surface area (TPSA) is 21.3 Å². The van der Waals surface area contributed by atoms with Crippen molar-refractivity contribution in [3.05, 3.63) is 0 Å². The molecule has 0 amide bonds. The second-order valence-corrected chi connectivity index (χ2v) is 6.47. The molecule has 0 radical (unpaired) electrons. The Morgan fingerprint density at radius 3 is 2.24 bits per heavy atom. The van der Waals surface area contributed by atoms with Gasteiger partial charge in [-0.05, 0) is 44.1 Å². The fourth-order valence-electron chi connectivity index (χ4n) is 3.35. The molecule has 0 aromatic heterocycles. The van der Waals surface area contributed by atoms with Crippen LogP contribution in [0.5, 0.6) is 0 Å². The van der Waals surface area contributed by atoms with E-state index in [2.05, 4.69) is 39.9 Å². The predicted molar refractivity (Wildman–Crippen MR) is 74.3 cm³/mol. The highest BCUT2D eigenvalue weighted by Gasteiger charge is 2.38. The van der Waals surface area contributed by atoms with Gasteiger partial charge >= 0.3 is 0 Å². The van der Waals surface area contributed by atoms with Gasteiger partial charge < -0.3 is 10.1 Å². The molecule has 1 saturated heterocycles. The summed E-state index contributed by atoms with van der Waals surface area (Å²) < 4.78 is 6.22. The van der Waals surface area contributed by atoms with E-state index in [-0.39, 0.29) is 5.60 Å². The van der Waals surface area contributed by atoms with Crippen molar-refractivity contribution in [1.82, 2.24) is 5.32 Å². The largest absolute Gasteiger partial charge is 0.375 e. The van der Waals surface area contributed by atoms with Crippen LogP contribution in [0, 0.1) is 11.8 Å². The molecule has 2 nitrogen and oxygen atoms in total. The van der Waals surface area contributed by atoms with Crippen molar-refractivity contribution >= 4 is 0 Å². The molecular formula is C15H31NO. The first-order valence-electron chi connectivity index (χ1n) is 7.35. The number of nitrogens with one attached hydrogen (secondary N) is 1. The highest BCUT2D eigenvalue weighted by molar-refractivity contribution is 4.91. The summed E-state index contributed by atoms with van der Waals surface area (Å²) in [5.74, 6) is 1.43. The zero-order valence-corrected chi connectivity index (χ0v) is 12.4. The second kappa shape index (κ2) is 6.75. The number of hydrogen-bond donors (Lipinski definition) is 1. The van der Waals surface area contributed by atoms with E-state index in [1.807, 2.05) is 0 Å². The molecule has 1 fully saturated rings. The SMILES string of the molecule is CCNC1CCOC(CC(C)C)(CC(C)C)C1. The second-order valence-electron chi connectivity index (χ2n) is 6.47. The van der Waals surface area contributed by atoms with E-state index in [4.69, 9.17) is 4.74 Å². The van der Waals surface area contributed by atoms with Gasteiger partial charge in [0, 0.05) is 12.6 Å². The Morgan fingerprint density at radius 2 is 1.76 bits per heavy atom. The van der Waals surface area contributed by atoms with Crippen molar-refractivity contribution < 1.29 is 4.74 Å². The number of ether oxygens (including phenoxy) is 1. The summed E-state index contributed by atoms with van der Waals surface area (Å²) in [5.41, 5.74) is 0.132. The Balaban J connectivity index is 2.67. The van der Waals surface area contributed by atoms with Crippen LogP contribution in [0.4, 0.5) is 0 Å². The van der Waals surface area contributed by atoms with Crippen LogP contribution in [0.2, 0.25) is 0 Å². The molecule has 17 heavy (non-hydrogen) atoms. The average Bonchev–Trinajstić information content (AvgIpc) is 2.15. The summed E-state index contributed by atoms with van der Waals surface area (Å²) in [4.78, 5) is 0. The van der Waals surface area contributed by atoms with E-state index >= 15 is 0 Å². The molecule has 1 heterocycles. The lowest BCUT2D eigenvalue weighted by Crippen LogP contribution is -2.48. The minimum Gasteiger partial charge on any atom is -0.375 e. The monoisotopic (exact) mass is 241 g/mol. The molecule has 102 valence electrons. The maximum atomic E-state index is 6.22. The van der Waals surface area contributed by atoms with Gasteiger partial charge in [0.25, 0.3) is 0 Å². The summed E-state index contributed by atoms with van der Waals surface area (Å²) in [6, 6.07) is 0.659. The zero-order chi connectivity index (χ0) is 12.9. The van der Waals surface area contributed by atoms with Crippen LogP contribution in [0.25, 0.3) is 0 Å². The lowest BCUT2D eigenvalue weighted by Gasteiger charge is -2.43. The molecule has 0 bridgehead atoms. The molecule has 1 rings (SSSR count). The van der Waals surface area contributed by atoms with Gasteiger partial charge in [-0.25, -0.2) is 0 Å². The molecule has 1 aliphatic rings. The van der Waals surface area contributed by atoms with Crippen molar-refractivity contribution in [3.8, 4) is 0 Å². The summed E-state index contributed by atoms with van der Waals surface area (Å²) in [5, 5.41) is 3.61. The summed E-state index contributed by atoms with van der Waals surface area (Å²) in [7, 11) is 0. The van der Waals surface area contributed by atoms with Gasteiger partial charge in [-0.3, -0.25) is 0 Å². The van der Waals surface area contributed by atoms with Gasteiger partial charge in [0.05, 0.1) is 5.60 Å². The maximum absolute atomic E-state index is 6.22. The van der Waals surface area contributed by atoms with Crippen molar-refractivity contribution in [1.29, 1.82) is 0 Å². The first-order chi connectivity index (χ1) is 7.97. The Kier molecular flexibility index (Phi) is 5.94. The van der Waals surface area contributed by atoms with Crippen LogP contribution in [0.15, 0.2) is 0 Å². The molecule has 2 heteroatoms. The van der Waals surface area contributed by atoms with E-state index in [1.54, 1.807) is 0 Å². The fraction of sp³-hybridized carbons (Fsp3) is 1.00. The molecule has 1 aliphatic heterocycles. The van der Waals surface area contributed by atoms with Gasteiger partial charge in [0.2, 0.25) is 0 Å². The Morgan fingerprint density at radius 1 is 1.18 bits per heavy atom. The fourth-order valence-corrected chi connectivity index (χ4v) is 3.35. The van der Waals surface area contributed by atoms with Crippen molar-refractivity contribution in [2.24, 2.45) is 11.8 Å². The van der Waals surface area contributed by atoms with E-state index in [9.17, 15) is 0 Å². The van der Waals surface area contributed by atoms with E-state index in [0.717, 1.165) is 13.2 Å². The predicted octanol–water partition coefficient (Wildman–Crippen LogP) is 3.61. The molecule has 0 aromatic carbocycles. The normalized spacial score (nSPS) is 24.5. The van der Waals surface area contributed by atoms with Crippen LogP contribution in [-0.4, -0.2) is 24.8 Å². The molecule has 1 unspecified atom stereocenters. The van der Waals surface area contributed by atoms with E-state index in [1.165, 1.54) is 25.7 Å². The minimum atomic E-state index is 0.132. The summed E-state index contributed by atoms with van der Waals surface area (Å²) >= 11 is 0. The average molecular weight is 241 g/mol. The first kappa shape index (κ1) is 15.0. The quantitative estimate of drug-likeness (QED) is 0.767. The molecule has 0 aromatic rings. The highest BCUT2D eigenvalue weighted by atomic mass is 16.5. The zero-order valence-electron chi connectivity index (χ0n) is 12.4. The number of hydrogen-bond acceptors (Lipinski definition) is 2. The Hall–Kier alpha value is -0.0800. The molecular weight excluding hydrogens is 210 g/mol. The highest BCUT2D eigenvalue weighted by Crippen LogP contribution is 2.36. The molecule has 1 N–H and O–H groups in total. The third-order valence-corrected chi connectivity index (χ3v) is 3.55. The van der Waals surface area contributed by atoms with Gasteiger partial charge in [-0.1, -0.05) is 34.6 Å². The van der Waals surface area contributed by atoms with Crippen molar-refractivity contribution in [2.75, 3.05) is 13.2 Å². The smallest absolute Gasteiger partial charge is 0.0702 e. The standard InChI is InChI=1S/C15H31NO/c1-6-16-14-7-8-17-15(11-14,9-12(2)3)10-13(4)5/h12-14,16H,6-11H2,1-5H3. The van der Waals surface area contributed by atoms with Gasteiger partial charge in [0.15, 0.2) is 0 Å². The van der Waals surface area contributed by atoms with Gasteiger partial charge in [-0.15, -0.1) is 0 Å². The minimum absolute atomic E-state index is 0.132. The Labute approximate surface area is 108 Å². The molecule has 0 saturated carbocycles. The van der Waals surface area contributed by atoms with Crippen LogP contribution in [0.1, 0.15) is 60.3 Å². The summed E-state index contributed by atoms with van der Waals surface area (Å²) in [6.45, 7) is 13.4. The van der Waals surface area contributed by atoms with Crippen LogP contribution >= 0.6 is 0 Å². The summed E-state index contributed by atoms with van der Waals surface area (Å²) in [6.07, 6.45) is 4.77. The Bertz CT molecular complexity index is 201. The van der Waals surface area contributed by atoms with Crippen molar-refractivity contribution in [2.45, 2.75) is 71.9 Å². The van der Waals surface area contributed by atoms with E-state index < -0.39 is 0 Å². The van der Waals surface area contributed by atoms with Gasteiger partial charge in [0.1, 0.15) is 0 Å². The van der Waals surface area contributed by atoms with Crippen LogP contribution in [-0.2, 0) is 4.74 Å². The molecule has 0 aliphatic carbocycles.